The molecule has 0 N–H and O–H groups in total. The van der Waals surface area contributed by atoms with Crippen LogP contribution in [0.1, 0.15) is 56.9 Å². The first-order chi connectivity index (χ1) is 13.6. The molecule has 1 amide bonds. The van der Waals surface area contributed by atoms with Crippen LogP contribution in [-0.2, 0) is 4.74 Å². The second-order valence-electron chi connectivity index (χ2n) is 7.59. The van der Waals surface area contributed by atoms with Crippen LogP contribution in [-0.4, -0.2) is 17.5 Å². The maximum absolute atomic E-state index is 12.7. The molecule has 3 heteroatoms. The molecule has 0 saturated carbocycles. The van der Waals surface area contributed by atoms with Gasteiger partial charge in [-0.25, -0.2) is 4.79 Å². The van der Waals surface area contributed by atoms with E-state index in [4.69, 9.17) is 4.74 Å². The maximum atomic E-state index is 12.7. The van der Waals surface area contributed by atoms with E-state index in [0.717, 1.165) is 24.0 Å². The van der Waals surface area contributed by atoms with E-state index in [-0.39, 0.29) is 18.2 Å². The molecule has 3 nitrogen and oxygen atoms in total. The van der Waals surface area contributed by atoms with Gasteiger partial charge in [-0.2, -0.15) is 0 Å². The Morgan fingerprint density at radius 2 is 1.54 bits per heavy atom. The third-order valence-electron chi connectivity index (χ3n) is 5.08. The minimum absolute atomic E-state index is 0.127. The van der Waals surface area contributed by atoms with Gasteiger partial charge in [0.25, 0.3) is 0 Å². The zero-order valence-electron chi connectivity index (χ0n) is 17.0. The van der Waals surface area contributed by atoms with E-state index >= 15 is 0 Å². The number of ether oxygens (including phenoxy) is 1. The molecule has 28 heavy (non-hydrogen) atoms. The molecule has 2 aromatic rings. The summed E-state index contributed by atoms with van der Waals surface area (Å²) in [6.07, 6.45) is 5.89. The third-order valence-corrected chi connectivity index (χ3v) is 5.08. The van der Waals surface area contributed by atoms with Crippen molar-refractivity contribution in [2.75, 3.05) is 6.54 Å². The Hall–Kier alpha value is -2.81. The number of rotatable bonds is 7. The van der Waals surface area contributed by atoms with Crippen molar-refractivity contribution in [3.05, 3.63) is 95.1 Å². The Bertz CT molecular complexity index is 835. The van der Waals surface area contributed by atoms with Gasteiger partial charge in [0.15, 0.2) is 6.10 Å². The van der Waals surface area contributed by atoms with Crippen molar-refractivity contribution in [3.8, 4) is 0 Å². The summed E-state index contributed by atoms with van der Waals surface area (Å²) in [6, 6.07) is 20.0. The fourth-order valence-electron chi connectivity index (χ4n) is 3.55. The van der Waals surface area contributed by atoms with Crippen LogP contribution >= 0.6 is 0 Å². The summed E-state index contributed by atoms with van der Waals surface area (Å²) < 4.78 is 5.82. The van der Waals surface area contributed by atoms with E-state index in [9.17, 15) is 4.79 Å². The summed E-state index contributed by atoms with van der Waals surface area (Å²) in [5.41, 5.74) is 4.75. The molecule has 0 spiro atoms. The van der Waals surface area contributed by atoms with Gasteiger partial charge in [-0.3, -0.25) is 4.90 Å². The molecule has 3 rings (SSSR count). The Balaban J connectivity index is 1.82. The highest BCUT2D eigenvalue weighted by Crippen LogP contribution is 2.42. The standard InChI is InChI=1S/C25H29NO2/c1-19(2)11-10-12-20(3)17-18-26-23(21-13-6-4-7-14-21)24(28-25(26)27)22-15-8-5-9-16-22/h4-9,11,13-17,23-24H,10,12,18H2,1-3H3/b20-17+/t23-,24-/m0/s1. The quantitative estimate of drug-likeness (QED) is 0.509. The monoisotopic (exact) mass is 375 g/mol. The van der Waals surface area contributed by atoms with Gasteiger partial charge >= 0.3 is 6.09 Å². The lowest BCUT2D eigenvalue weighted by atomic mass is 9.95. The highest BCUT2D eigenvalue weighted by atomic mass is 16.6. The van der Waals surface area contributed by atoms with Crippen molar-refractivity contribution in [1.82, 2.24) is 4.90 Å². The van der Waals surface area contributed by atoms with Crippen LogP contribution in [0, 0.1) is 0 Å². The number of benzene rings is 2. The summed E-state index contributed by atoms with van der Waals surface area (Å²) in [7, 11) is 0. The Morgan fingerprint density at radius 3 is 2.14 bits per heavy atom. The molecule has 1 fully saturated rings. The fraction of sp³-hybridized carbons (Fsp3) is 0.320. The molecule has 0 aromatic heterocycles. The summed E-state index contributed by atoms with van der Waals surface area (Å²) in [5, 5.41) is 0. The first-order valence-corrected chi connectivity index (χ1v) is 9.92. The fourth-order valence-corrected chi connectivity index (χ4v) is 3.55. The predicted molar refractivity (Wildman–Crippen MR) is 114 cm³/mol. The number of carbonyl (C=O) groups excluding carboxylic acids is 1. The summed E-state index contributed by atoms with van der Waals surface area (Å²) in [5.74, 6) is 0. The zero-order chi connectivity index (χ0) is 19.9. The topological polar surface area (TPSA) is 29.5 Å². The Kier molecular flexibility index (Phi) is 6.70. The summed E-state index contributed by atoms with van der Waals surface area (Å²) in [6.45, 7) is 6.93. The van der Waals surface area contributed by atoms with Gasteiger partial charge in [0.1, 0.15) is 6.04 Å². The first kappa shape index (κ1) is 19.9. The van der Waals surface area contributed by atoms with Crippen molar-refractivity contribution in [1.29, 1.82) is 0 Å². The third kappa shape index (κ3) is 4.92. The van der Waals surface area contributed by atoms with E-state index < -0.39 is 0 Å². The minimum Gasteiger partial charge on any atom is -0.439 e. The van der Waals surface area contributed by atoms with Crippen molar-refractivity contribution in [2.45, 2.75) is 45.8 Å². The van der Waals surface area contributed by atoms with Crippen molar-refractivity contribution in [3.63, 3.8) is 0 Å². The van der Waals surface area contributed by atoms with Crippen LogP contribution < -0.4 is 0 Å². The first-order valence-electron chi connectivity index (χ1n) is 9.92. The number of carbonyl (C=O) groups is 1. The van der Waals surface area contributed by atoms with Crippen LogP contribution in [0.3, 0.4) is 0 Å². The Morgan fingerprint density at radius 1 is 0.929 bits per heavy atom. The number of hydrogen-bond donors (Lipinski definition) is 0. The molecule has 0 unspecified atom stereocenters. The van der Waals surface area contributed by atoms with Crippen molar-refractivity contribution >= 4 is 6.09 Å². The molecular formula is C25H29NO2. The number of allylic oxidation sites excluding steroid dienone is 3. The smallest absolute Gasteiger partial charge is 0.411 e. The van der Waals surface area contributed by atoms with Crippen LogP contribution in [0.4, 0.5) is 4.79 Å². The normalized spacial score (nSPS) is 19.5. The highest BCUT2D eigenvalue weighted by Gasteiger charge is 2.42. The molecular weight excluding hydrogens is 346 g/mol. The molecule has 1 saturated heterocycles. The average molecular weight is 376 g/mol. The largest absolute Gasteiger partial charge is 0.439 e. The van der Waals surface area contributed by atoms with Gasteiger partial charge in [0.05, 0.1) is 0 Å². The van der Waals surface area contributed by atoms with Gasteiger partial charge in [-0.1, -0.05) is 84.0 Å². The predicted octanol–water partition coefficient (Wildman–Crippen LogP) is 6.61. The zero-order valence-corrected chi connectivity index (χ0v) is 17.0. The lowest BCUT2D eigenvalue weighted by molar-refractivity contribution is 0.130. The number of hydrogen-bond acceptors (Lipinski definition) is 2. The van der Waals surface area contributed by atoms with E-state index in [2.05, 4.69) is 45.1 Å². The van der Waals surface area contributed by atoms with Crippen LogP contribution in [0.15, 0.2) is 84.0 Å². The Labute approximate surface area is 168 Å². The highest BCUT2D eigenvalue weighted by molar-refractivity contribution is 5.72. The maximum Gasteiger partial charge on any atom is 0.411 e. The van der Waals surface area contributed by atoms with E-state index in [0.29, 0.717) is 6.54 Å². The van der Waals surface area contributed by atoms with Crippen LogP contribution in [0.5, 0.6) is 0 Å². The van der Waals surface area contributed by atoms with Crippen LogP contribution in [0.25, 0.3) is 0 Å². The lowest BCUT2D eigenvalue weighted by Crippen LogP contribution is -2.28. The molecule has 2 atom stereocenters. The second-order valence-corrected chi connectivity index (χ2v) is 7.59. The molecule has 1 heterocycles. The van der Waals surface area contributed by atoms with Gasteiger partial charge in [-0.15, -0.1) is 0 Å². The van der Waals surface area contributed by atoms with E-state index in [1.807, 2.05) is 53.4 Å². The minimum atomic E-state index is -0.296. The number of cyclic esters (lactones) is 1. The second kappa shape index (κ2) is 9.41. The molecule has 1 aliphatic rings. The molecule has 146 valence electrons. The van der Waals surface area contributed by atoms with Gasteiger partial charge in [0.2, 0.25) is 0 Å². The summed E-state index contributed by atoms with van der Waals surface area (Å²) in [4.78, 5) is 14.6. The van der Waals surface area contributed by atoms with Gasteiger partial charge < -0.3 is 4.74 Å². The van der Waals surface area contributed by atoms with E-state index in [1.54, 1.807) is 0 Å². The van der Waals surface area contributed by atoms with Crippen molar-refractivity contribution < 1.29 is 9.53 Å². The van der Waals surface area contributed by atoms with Gasteiger partial charge in [0, 0.05) is 6.54 Å². The molecule has 2 aromatic carbocycles. The number of amides is 1. The van der Waals surface area contributed by atoms with Crippen LogP contribution in [0.2, 0.25) is 0 Å². The summed E-state index contributed by atoms with van der Waals surface area (Å²) >= 11 is 0. The lowest BCUT2D eigenvalue weighted by Gasteiger charge is -2.24. The van der Waals surface area contributed by atoms with Gasteiger partial charge in [-0.05, 0) is 44.7 Å². The molecule has 0 radical (unpaired) electrons. The average Bonchev–Trinajstić information content (AvgIpc) is 3.03. The van der Waals surface area contributed by atoms with E-state index in [1.165, 1.54) is 11.1 Å². The molecule has 0 aliphatic carbocycles. The SMILES string of the molecule is CC(C)=CCC/C(C)=C/CN1C(=O)O[C@@H](c2ccccc2)[C@@H]1c1ccccc1. The molecule has 1 aliphatic heterocycles. The van der Waals surface area contributed by atoms with Crippen molar-refractivity contribution in [2.24, 2.45) is 0 Å². The number of nitrogens with zero attached hydrogens (tertiary/aromatic N) is 1. The molecule has 0 bridgehead atoms.